The summed E-state index contributed by atoms with van der Waals surface area (Å²) in [6.07, 6.45) is -4.31. The number of aromatic nitrogens is 3. The number of alkyl halides is 3. The Morgan fingerprint density at radius 3 is 2.63 bits per heavy atom. The molecule has 0 aliphatic heterocycles. The van der Waals surface area contributed by atoms with E-state index in [2.05, 4.69) is 19.6 Å². The fourth-order valence-electron chi connectivity index (χ4n) is 2.26. The number of nitrogens with zero attached hydrogens (tertiary/aromatic N) is 3. The zero-order valence-electron chi connectivity index (χ0n) is 13.1. The molecule has 2 heterocycles. The van der Waals surface area contributed by atoms with Gasteiger partial charge in [-0.25, -0.2) is 9.48 Å². The minimum atomic E-state index is -4.88. The smallest absolute Gasteiger partial charge is 0.449 e. The van der Waals surface area contributed by atoms with E-state index in [9.17, 15) is 18.0 Å². The fourth-order valence-corrected chi connectivity index (χ4v) is 2.44. The third kappa shape index (κ3) is 4.67. The quantitative estimate of drug-likeness (QED) is 0.648. The monoisotopic (exact) mass is 399 g/mol. The molecule has 3 aromatic rings. The maximum absolute atomic E-state index is 12.4. The van der Waals surface area contributed by atoms with Gasteiger partial charge in [0.05, 0.1) is 17.6 Å². The molecule has 11 heteroatoms. The molecule has 1 aromatic carbocycles. The lowest BCUT2D eigenvalue weighted by atomic mass is 10.2. The lowest BCUT2D eigenvalue weighted by molar-refractivity contribution is -0.274. The van der Waals surface area contributed by atoms with Crippen molar-refractivity contribution in [1.29, 1.82) is 0 Å². The largest absolute Gasteiger partial charge is 0.573 e. The predicted octanol–water partition coefficient (Wildman–Crippen LogP) is 4.54. The number of rotatable bonds is 4. The standard InChI is InChI=1S/C16H9ClF3N3O4/c17-10-2-1-3-11(5-10)23-13(6-14(22-23)26-15(24)25)9-4-12(8-21-7-9)27-16(18,19)20/h1-8H,(H,24,25). The van der Waals surface area contributed by atoms with Crippen LogP contribution >= 0.6 is 11.6 Å². The molecule has 0 atom stereocenters. The average molecular weight is 400 g/mol. The lowest BCUT2D eigenvalue weighted by Gasteiger charge is -2.11. The Balaban J connectivity index is 2.10. The van der Waals surface area contributed by atoms with Crippen molar-refractivity contribution in [2.24, 2.45) is 0 Å². The third-order valence-corrected chi connectivity index (χ3v) is 3.41. The van der Waals surface area contributed by atoms with E-state index in [4.69, 9.17) is 16.7 Å². The number of ether oxygens (including phenoxy) is 2. The van der Waals surface area contributed by atoms with Crippen LogP contribution in [-0.4, -0.2) is 32.4 Å². The Morgan fingerprint density at radius 1 is 1.19 bits per heavy atom. The molecule has 0 aliphatic rings. The van der Waals surface area contributed by atoms with Gasteiger partial charge in [0.2, 0.25) is 5.88 Å². The van der Waals surface area contributed by atoms with Gasteiger partial charge in [0.1, 0.15) is 5.75 Å². The SMILES string of the molecule is O=C(O)Oc1cc(-c2cncc(OC(F)(F)F)c2)n(-c2cccc(Cl)c2)n1. The lowest BCUT2D eigenvalue weighted by Crippen LogP contribution is -2.17. The highest BCUT2D eigenvalue weighted by atomic mass is 35.5. The first-order valence-electron chi connectivity index (χ1n) is 7.19. The summed E-state index contributed by atoms with van der Waals surface area (Å²) in [5, 5.41) is 13.2. The minimum absolute atomic E-state index is 0.185. The second kappa shape index (κ2) is 7.16. The molecule has 0 radical (unpaired) electrons. The summed E-state index contributed by atoms with van der Waals surface area (Å²) < 4.78 is 47.0. The second-order valence-corrected chi connectivity index (χ2v) is 5.52. The number of pyridine rings is 1. The first-order valence-corrected chi connectivity index (χ1v) is 7.57. The van der Waals surface area contributed by atoms with Gasteiger partial charge in [-0.2, -0.15) is 0 Å². The minimum Gasteiger partial charge on any atom is -0.449 e. The van der Waals surface area contributed by atoms with Gasteiger partial charge in [0.15, 0.2) is 0 Å². The van der Waals surface area contributed by atoms with Crippen LogP contribution in [0.2, 0.25) is 5.02 Å². The van der Waals surface area contributed by atoms with Gasteiger partial charge in [0.25, 0.3) is 0 Å². The zero-order valence-corrected chi connectivity index (χ0v) is 13.9. The van der Waals surface area contributed by atoms with Gasteiger partial charge in [-0.15, -0.1) is 18.3 Å². The van der Waals surface area contributed by atoms with Gasteiger partial charge in [-0.05, 0) is 24.3 Å². The maximum atomic E-state index is 12.4. The van der Waals surface area contributed by atoms with E-state index < -0.39 is 18.3 Å². The Kier molecular flexibility index (Phi) is 4.91. The van der Waals surface area contributed by atoms with Crippen LogP contribution in [0.1, 0.15) is 0 Å². The molecule has 0 spiro atoms. The average Bonchev–Trinajstić information content (AvgIpc) is 2.96. The number of carbonyl (C=O) groups is 1. The van der Waals surface area contributed by atoms with Gasteiger partial charge < -0.3 is 14.6 Å². The first-order chi connectivity index (χ1) is 12.7. The summed E-state index contributed by atoms with van der Waals surface area (Å²) in [6, 6.07) is 8.72. The Morgan fingerprint density at radius 2 is 1.96 bits per heavy atom. The molecule has 27 heavy (non-hydrogen) atoms. The zero-order chi connectivity index (χ0) is 19.6. The highest BCUT2D eigenvalue weighted by Crippen LogP contribution is 2.31. The van der Waals surface area contributed by atoms with Crippen LogP contribution in [0.3, 0.4) is 0 Å². The molecule has 0 fully saturated rings. The summed E-state index contributed by atoms with van der Waals surface area (Å²) in [4.78, 5) is 14.5. The van der Waals surface area contributed by atoms with E-state index in [1.807, 2.05) is 0 Å². The van der Waals surface area contributed by atoms with E-state index >= 15 is 0 Å². The normalized spacial score (nSPS) is 11.3. The molecule has 0 saturated carbocycles. The van der Waals surface area contributed by atoms with Crippen LogP contribution in [0.25, 0.3) is 16.9 Å². The highest BCUT2D eigenvalue weighted by Gasteiger charge is 2.31. The van der Waals surface area contributed by atoms with Crippen LogP contribution in [0.5, 0.6) is 11.6 Å². The molecule has 0 bridgehead atoms. The maximum Gasteiger partial charge on any atom is 0.573 e. The molecule has 140 valence electrons. The highest BCUT2D eigenvalue weighted by molar-refractivity contribution is 6.30. The molecule has 0 saturated heterocycles. The summed E-state index contributed by atoms with van der Waals surface area (Å²) in [7, 11) is 0. The van der Waals surface area contributed by atoms with E-state index in [-0.39, 0.29) is 17.1 Å². The number of hydrogen-bond acceptors (Lipinski definition) is 5. The van der Waals surface area contributed by atoms with Crippen molar-refractivity contribution in [3.05, 3.63) is 53.8 Å². The Labute approximate surface area is 154 Å². The van der Waals surface area contributed by atoms with Crippen molar-refractivity contribution in [3.8, 4) is 28.6 Å². The fraction of sp³-hybridized carbons (Fsp3) is 0.0625. The number of halogens is 4. The predicted molar refractivity (Wildman–Crippen MR) is 87.1 cm³/mol. The van der Waals surface area contributed by atoms with Crippen LogP contribution in [-0.2, 0) is 0 Å². The molecule has 0 unspecified atom stereocenters. The van der Waals surface area contributed by atoms with Gasteiger partial charge in [-0.1, -0.05) is 17.7 Å². The van der Waals surface area contributed by atoms with Crippen molar-refractivity contribution in [3.63, 3.8) is 0 Å². The third-order valence-electron chi connectivity index (χ3n) is 3.17. The van der Waals surface area contributed by atoms with Crippen LogP contribution < -0.4 is 9.47 Å². The topological polar surface area (TPSA) is 86.5 Å². The molecule has 7 nitrogen and oxygen atoms in total. The molecule has 1 N–H and O–H groups in total. The van der Waals surface area contributed by atoms with Gasteiger partial charge in [-0.3, -0.25) is 4.98 Å². The summed E-state index contributed by atoms with van der Waals surface area (Å²) in [5.74, 6) is -0.820. The summed E-state index contributed by atoms with van der Waals surface area (Å²) >= 11 is 5.96. The first kappa shape index (κ1) is 18.5. The summed E-state index contributed by atoms with van der Waals surface area (Å²) in [6.45, 7) is 0. The number of hydrogen-bond donors (Lipinski definition) is 1. The summed E-state index contributed by atoms with van der Waals surface area (Å²) in [5.41, 5.74) is 0.831. The van der Waals surface area contributed by atoms with Crippen molar-refractivity contribution >= 4 is 17.8 Å². The molecule has 3 rings (SSSR count). The van der Waals surface area contributed by atoms with Crippen LogP contribution in [0.15, 0.2) is 48.8 Å². The van der Waals surface area contributed by atoms with Gasteiger partial charge >= 0.3 is 12.5 Å². The number of benzene rings is 1. The van der Waals surface area contributed by atoms with E-state index in [1.165, 1.54) is 23.0 Å². The molecule has 0 amide bonds. The second-order valence-electron chi connectivity index (χ2n) is 5.08. The van der Waals surface area contributed by atoms with E-state index in [0.717, 1.165) is 12.3 Å². The van der Waals surface area contributed by atoms with Gasteiger partial charge in [0, 0.05) is 22.8 Å². The Bertz CT molecular complexity index is 991. The van der Waals surface area contributed by atoms with E-state index in [1.54, 1.807) is 18.2 Å². The van der Waals surface area contributed by atoms with Crippen LogP contribution in [0.4, 0.5) is 18.0 Å². The Hall–Kier alpha value is -3.27. The van der Waals surface area contributed by atoms with Crippen molar-refractivity contribution < 1.29 is 32.5 Å². The molecule has 0 aliphatic carbocycles. The van der Waals surface area contributed by atoms with E-state index in [0.29, 0.717) is 10.7 Å². The van der Waals surface area contributed by atoms with Crippen molar-refractivity contribution in [2.45, 2.75) is 6.36 Å². The van der Waals surface area contributed by atoms with Crippen molar-refractivity contribution in [1.82, 2.24) is 14.8 Å². The number of carboxylic acid groups (broad SMARTS) is 1. The molecular weight excluding hydrogens is 391 g/mol. The van der Waals surface area contributed by atoms with Crippen LogP contribution in [0, 0.1) is 0 Å². The van der Waals surface area contributed by atoms with Crippen molar-refractivity contribution in [2.75, 3.05) is 0 Å². The molecular formula is C16H9ClF3N3O4. The molecule has 2 aromatic heterocycles.